The zero-order chi connectivity index (χ0) is 26.9. The Labute approximate surface area is 239 Å². The normalized spacial score (nSPS) is 23.1. The largest absolute Gasteiger partial charge is 0.486 e. The van der Waals surface area contributed by atoms with E-state index in [4.69, 9.17) is 4.74 Å². The van der Waals surface area contributed by atoms with Gasteiger partial charge in [0.25, 0.3) is 0 Å². The van der Waals surface area contributed by atoms with E-state index >= 15 is 0 Å². The average Bonchev–Trinajstić information content (AvgIpc) is 3.59. The lowest BCUT2D eigenvalue weighted by molar-refractivity contribution is 0.142. The minimum atomic E-state index is -0.0937. The van der Waals surface area contributed by atoms with Crippen LogP contribution in [0.5, 0.6) is 0 Å². The number of ether oxygens (including phenoxy) is 1. The fraction of sp³-hybridized carbons (Fsp3) is 0.105. The summed E-state index contributed by atoms with van der Waals surface area (Å²) < 4.78 is 6.60. The molecular weight excluding hydrogens is 500 g/mol. The molecule has 2 aliphatic carbocycles. The van der Waals surface area contributed by atoms with Gasteiger partial charge in [-0.3, -0.25) is 5.32 Å². The molecule has 4 aliphatic rings. The van der Waals surface area contributed by atoms with Gasteiger partial charge in [0.1, 0.15) is 18.0 Å². The third kappa shape index (κ3) is 3.36. The molecule has 41 heavy (non-hydrogen) atoms. The summed E-state index contributed by atoms with van der Waals surface area (Å²) in [6.07, 6.45) is 8.60. The molecule has 0 spiro atoms. The molecule has 4 atom stereocenters. The second-order valence-corrected chi connectivity index (χ2v) is 11.3. The highest BCUT2D eigenvalue weighted by molar-refractivity contribution is 6.18. The molecule has 0 fully saturated rings. The van der Waals surface area contributed by atoms with Crippen LogP contribution < -0.4 is 10.6 Å². The van der Waals surface area contributed by atoms with E-state index in [0.717, 1.165) is 5.76 Å². The van der Waals surface area contributed by atoms with Crippen LogP contribution in [0.4, 0.5) is 0 Å². The second kappa shape index (κ2) is 8.82. The van der Waals surface area contributed by atoms with Crippen LogP contribution in [0.3, 0.4) is 0 Å². The van der Waals surface area contributed by atoms with Crippen molar-refractivity contribution in [2.24, 2.45) is 5.92 Å². The first kappa shape index (κ1) is 22.9. The molecule has 3 heteroatoms. The molecule has 2 aliphatic heterocycles. The Morgan fingerprint density at radius 1 is 0.610 bits per heavy atom. The van der Waals surface area contributed by atoms with E-state index in [1.807, 2.05) is 0 Å². The molecule has 0 saturated heterocycles. The predicted molar refractivity (Wildman–Crippen MR) is 166 cm³/mol. The standard InChI is InChI=1S/C38H28N2O/c1-3-11-23(12-4-1)26-21-22-30(34-29-19-10-16-24-15-9-18-28(32(24)29)33(26)34)38-39-35(25-13-5-2-6-14-25)37-36(40-38)27-17-7-8-20-31(27)41-37/h1-22,27,31,35,38-40H. The van der Waals surface area contributed by atoms with E-state index in [1.165, 1.54) is 61.0 Å². The lowest BCUT2D eigenvalue weighted by atomic mass is 9.87. The second-order valence-electron chi connectivity index (χ2n) is 11.3. The van der Waals surface area contributed by atoms with Gasteiger partial charge >= 0.3 is 0 Å². The Morgan fingerprint density at radius 2 is 1.34 bits per heavy atom. The number of benzene rings is 5. The van der Waals surface area contributed by atoms with Gasteiger partial charge in [-0.05, 0) is 61.4 Å². The van der Waals surface area contributed by atoms with Gasteiger partial charge in [0, 0.05) is 0 Å². The Balaban J connectivity index is 1.26. The maximum Gasteiger partial charge on any atom is 0.138 e. The minimum Gasteiger partial charge on any atom is -0.486 e. The Bertz CT molecular complexity index is 1930. The molecule has 0 saturated carbocycles. The summed E-state index contributed by atoms with van der Waals surface area (Å²) in [5, 5.41) is 10.5. The van der Waals surface area contributed by atoms with Crippen molar-refractivity contribution in [3.05, 3.63) is 156 Å². The molecule has 0 bridgehead atoms. The quantitative estimate of drug-likeness (QED) is 0.242. The monoisotopic (exact) mass is 528 g/mol. The Hall–Kier alpha value is -4.86. The van der Waals surface area contributed by atoms with Crippen LogP contribution in [0.2, 0.25) is 0 Å². The highest BCUT2D eigenvalue weighted by atomic mass is 16.5. The number of hydrogen-bond donors (Lipinski definition) is 2. The molecule has 0 amide bonds. The zero-order valence-electron chi connectivity index (χ0n) is 22.4. The minimum absolute atomic E-state index is 0.0217. The van der Waals surface area contributed by atoms with Crippen molar-refractivity contribution in [2.75, 3.05) is 0 Å². The summed E-state index contributed by atoms with van der Waals surface area (Å²) in [7, 11) is 0. The van der Waals surface area contributed by atoms with Crippen molar-refractivity contribution >= 4 is 10.8 Å². The van der Waals surface area contributed by atoms with E-state index in [0.29, 0.717) is 0 Å². The van der Waals surface area contributed by atoms with Gasteiger partial charge in [0.05, 0.1) is 17.7 Å². The first-order valence-corrected chi connectivity index (χ1v) is 14.4. The molecule has 2 N–H and O–H groups in total. The van der Waals surface area contributed by atoms with Crippen LogP contribution in [0, 0.1) is 5.92 Å². The molecule has 2 heterocycles. The first-order chi connectivity index (χ1) is 20.3. The molecule has 5 aromatic rings. The van der Waals surface area contributed by atoms with Crippen LogP contribution >= 0.6 is 0 Å². The fourth-order valence-corrected chi connectivity index (χ4v) is 7.27. The van der Waals surface area contributed by atoms with Gasteiger partial charge in [0.15, 0.2) is 0 Å². The Kier molecular flexibility index (Phi) is 4.93. The average molecular weight is 529 g/mol. The maximum absolute atomic E-state index is 6.60. The lowest BCUT2D eigenvalue weighted by Crippen LogP contribution is -2.43. The third-order valence-electron chi connectivity index (χ3n) is 9.05. The summed E-state index contributed by atoms with van der Waals surface area (Å²) in [5.74, 6) is 1.18. The predicted octanol–water partition coefficient (Wildman–Crippen LogP) is 8.44. The van der Waals surface area contributed by atoms with E-state index in [2.05, 4.69) is 144 Å². The molecule has 0 radical (unpaired) electrons. The molecule has 0 aromatic heterocycles. The maximum atomic E-state index is 6.60. The molecule has 4 unspecified atom stereocenters. The van der Waals surface area contributed by atoms with E-state index in [9.17, 15) is 0 Å². The number of hydrogen-bond acceptors (Lipinski definition) is 3. The first-order valence-electron chi connectivity index (χ1n) is 14.4. The highest BCUT2D eigenvalue weighted by Crippen LogP contribution is 2.54. The summed E-state index contributed by atoms with van der Waals surface area (Å²) in [4.78, 5) is 0. The Morgan fingerprint density at radius 3 is 2.15 bits per heavy atom. The molecule has 3 nitrogen and oxygen atoms in total. The van der Waals surface area contributed by atoms with Crippen LogP contribution in [0.1, 0.15) is 23.3 Å². The van der Waals surface area contributed by atoms with Crippen molar-refractivity contribution in [2.45, 2.75) is 18.3 Å². The van der Waals surface area contributed by atoms with E-state index in [-0.39, 0.29) is 24.2 Å². The molecular formula is C38H28N2O. The van der Waals surface area contributed by atoms with Gasteiger partial charge in [0.2, 0.25) is 0 Å². The van der Waals surface area contributed by atoms with Crippen molar-refractivity contribution in [1.29, 1.82) is 0 Å². The summed E-state index contributed by atoms with van der Waals surface area (Å²) in [6, 6.07) is 39.5. The molecule has 196 valence electrons. The van der Waals surface area contributed by atoms with Crippen LogP contribution in [-0.2, 0) is 4.74 Å². The van der Waals surface area contributed by atoms with Gasteiger partial charge in [-0.1, -0.05) is 127 Å². The smallest absolute Gasteiger partial charge is 0.138 e. The van der Waals surface area contributed by atoms with Crippen LogP contribution in [0.15, 0.2) is 145 Å². The number of fused-ring (bicyclic) bond motifs is 5. The third-order valence-corrected chi connectivity index (χ3v) is 9.05. The number of nitrogens with one attached hydrogen (secondary N) is 2. The van der Waals surface area contributed by atoms with Crippen LogP contribution in [0.25, 0.3) is 44.2 Å². The zero-order valence-corrected chi connectivity index (χ0v) is 22.4. The van der Waals surface area contributed by atoms with E-state index < -0.39 is 0 Å². The summed E-state index contributed by atoms with van der Waals surface area (Å²) in [5.41, 5.74) is 11.4. The SMILES string of the molecule is C1=CC2OC3=C(NC(c4ccc(-c5ccccc5)c5c4-c4cccc6cccc-5c46)NC3c3ccccc3)C2C=C1. The number of allylic oxidation sites excluding steroid dienone is 2. The van der Waals surface area contributed by atoms with Gasteiger partial charge < -0.3 is 10.1 Å². The lowest BCUT2D eigenvalue weighted by Gasteiger charge is -2.35. The highest BCUT2D eigenvalue weighted by Gasteiger charge is 2.44. The van der Waals surface area contributed by atoms with Crippen molar-refractivity contribution in [1.82, 2.24) is 10.6 Å². The van der Waals surface area contributed by atoms with Crippen molar-refractivity contribution in [3.63, 3.8) is 0 Å². The summed E-state index contributed by atoms with van der Waals surface area (Å²) in [6.45, 7) is 0. The van der Waals surface area contributed by atoms with Gasteiger partial charge in [-0.2, -0.15) is 0 Å². The van der Waals surface area contributed by atoms with Gasteiger partial charge in [-0.25, -0.2) is 0 Å². The fourth-order valence-electron chi connectivity index (χ4n) is 7.27. The summed E-state index contributed by atoms with van der Waals surface area (Å²) >= 11 is 0. The van der Waals surface area contributed by atoms with Crippen LogP contribution in [-0.4, -0.2) is 6.10 Å². The van der Waals surface area contributed by atoms with Gasteiger partial charge in [-0.15, -0.1) is 0 Å². The van der Waals surface area contributed by atoms with Crippen molar-refractivity contribution < 1.29 is 4.74 Å². The van der Waals surface area contributed by atoms with Crippen molar-refractivity contribution in [3.8, 4) is 33.4 Å². The molecule has 9 rings (SSSR count). The molecule has 5 aromatic carbocycles. The number of rotatable bonds is 3. The topological polar surface area (TPSA) is 33.3 Å². The van der Waals surface area contributed by atoms with E-state index in [1.54, 1.807) is 0 Å².